The monoisotopic (exact) mass is 290 g/mol. The van der Waals surface area contributed by atoms with Crippen LogP contribution < -0.4 is 4.74 Å². The van der Waals surface area contributed by atoms with Crippen LogP contribution in [0, 0.1) is 11.6 Å². The minimum atomic E-state index is -0.879. The number of carbonyl (C=O) groups excluding carboxylic acids is 1. The normalized spacial score (nSPS) is 10.4. The van der Waals surface area contributed by atoms with E-state index < -0.39 is 11.6 Å². The van der Waals surface area contributed by atoms with E-state index in [0.717, 1.165) is 17.7 Å². The first-order chi connectivity index (χ1) is 10.0. The van der Waals surface area contributed by atoms with Crippen LogP contribution in [-0.2, 0) is 17.8 Å². The highest BCUT2D eigenvalue weighted by Gasteiger charge is 2.03. The molecule has 2 nitrogen and oxygen atoms in total. The zero-order valence-corrected chi connectivity index (χ0v) is 11.7. The summed E-state index contributed by atoms with van der Waals surface area (Å²) in [5.41, 5.74) is 1.62. The summed E-state index contributed by atoms with van der Waals surface area (Å²) in [6.07, 6.45) is 1.23. The Morgan fingerprint density at radius 2 is 1.67 bits per heavy atom. The highest BCUT2D eigenvalue weighted by atomic mass is 19.2. The largest absolute Gasteiger partial charge is 0.489 e. The molecule has 0 atom stereocenters. The summed E-state index contributed by atoms with van der Waals surface area (Å²) < 4.78 is 31.4. The lowest BCUT2D eigenvalue weighted by Gasteiger charge is -2.07. The van der Waals surface area contributed by atoms with E-state index in [1.165, 1.54) is 6.07 Å². The predicted molar refractivity (Wildman–Crippen MR) is 76.1 cm³/mol. The topological polar surface area (TPSA) is 26.3 Å². The van der Waals surface area contributed by atoms with Crippen LogP contribution in [0.3, 0.4) is 0 Å². The van der Waals surface area contributed by atoms with Crippen LogP contribution in [0.5, 0.6) is 5.75 Å². The van der Waals surface area contributed by atoms with Crippen LogP contribution in [0.15, 0.2) is 42.5 Å². The molecule has 21 heavy (non-hydrogen) atoms. The van der Waals surface area contributed by atoms with Crippen LogP contribution in [0.1, 0.15) is 24.5 Å². The second-order valence-corrected chi connectivity index (χ2v) is 4.88. The number of ketones is 1. The van der Waals surface area contributed by atoms with Crippen LogP contribution in [0.25, 0.3) is 0 Å². The van der Waals surface area contributed by atoms with Crippen LogP contribution in [0.4, 0.5) is 8.78 Å². The smallest absolute Gasteiger partial charge is 0.159 e. The summed E-state index contributed by atoms with van der Waals surface area (Å²) in [6.45, 7) is 1.74. The number of halogens is 2. The van der Waals surface area contributed by atoms with Gasteiger partial charge in [0.1, 0.15) is 18.1 Å². The Hall–Kier alpha value is -2.23. The van der Waals surface area contributed by atoms with Crippen molar-refractivity contribution in [2.45, 2.75) is 26.4 Å². The molecule has 0 saturated heterocycles. The third kappa shape index (κ3) is 4.67. The third-order valence-corrected chi connectivity index (χ3v) is 3.08. The molecule has 0 N–H and O–H groups in total. The predicted octanol–water partition coefficient (Wildman–Crippen LogP) is 4.07. The minimum Gasteiger partial charge on any atom is -0.489 e. The molecule has 0 saturated carbocycles. The molecule has 0 aliphatic heterocycles. The molecule has 110 valence electrons. The number of hydrogen-bond acceptors (Lipinski definition) is 2. The Morgan fingerprint density at radius 1 is 1.00 bits per heavy atom. The summed E-state index contributed by atoms with van der Waals surface area (Å²) in [7, 11) is 0. The van der Waals surface area contributed by atoms with Gasteiger partial charge in [0.15, 0.2) is 11.6 Å². The Labute approximate surface area is 122 Å². The Balaban J connectivity index is 1.91. The molecule has 2 aromatic carbocycles. The molecule has 0 aliphatic carbocycles. The first-order valence-electron chi connectivity index (χ1n) is 6.69. The van der Waals surface area contributed by atoms with Crippen molar-refractivity contribution in [3.8, 4) is 5.75 Å². The van der Waals surface area contributed by atoms with Gasteiger partial charge in [0, 0.05) is 6.42 Å². The third-order valence-electron chi connectivity index (χ3n) is 3.08. The van der Waals surface area contributed by atoms with Gasteiger partial charge in [-0.15, -0.1) is 0 Å². The van der Waals surface area contributed by atoms with E-state index in [1.807, 2.05) is 12.1 Å². The van der Waals surface area contributed by atoms with Crippen LogP contribution in [-0.4, -0.2) is 5.78 Å². The van der Waals surface area contributed by atoms with Gasteiger partial charge >= 0.3 is 0 Å². The summed E-state index contributed by atoms with van der Waals surface area (Å²) in [5, 5.41) is 0. The molecule has 0 aromatic heterocycles. The lowest BCUT2D eigenvalue weighted by Crippen LogP contribution is -1.98. The molecule has 2 aromatic rings. The van der Waals surface area contributed by atoms with Crippen LogP contribution in [0.2, 0.25) is 0 Å². The highest BCUT2D eigenvalue weighted by Crippen LogP contribution is 2.16. The molecule has 0 spiro atoms. The van der Waals surface area contributed by atoms with E-state index in [-0.39, 0.29) is 12.4 Å². The van der Waals surface area contributed by atoms with Crippen molar-refractivity contribution in [3.05, 3.63) is 65.2 Å². The standard InChI is InChI=1S/C17H16F2O2/c1-12(20)2-3-13-4-7-15(8-5-13)21-11-14-6-9-16(18)17(19)10-14/h4-10H,2-3,11H2,1H3. The second-order valence-electron chi connectivity index (χ2n) is 4.88. The van der Waals surface area contributed by atoms with Crippen molar-refractivity contribution in [2.24, 2.45) is 0 Å². The molecular formula is C17H16F2O2. The summed E-state index contributed by atoms with van der Waals surface area (Å²) in [6, 6.07) is 11.1. The van der Waals surface area contributed by atoms with Gasteiger partial charge in [0.2, 0.25) is 0 Å². The van der Waals surface area contributed by atoms with Crippen molar-refractivity contribution in [3.63, 3.8) is 0 Å². The van der Waals surface area contributed by atoms with Gasteiger partial charge in [-0.05, 0) is 48.7 Å². The zero-order chi connectivity index (χ0) is 15.2. The summed E-state index contributed by atoms with van der Waals surface area (Å²) in [5.74, 6) is -0.941. The van der Waals surface area contributed by atoms with E-state index in [0.29, 0.717) is 24.2 Å². The highest BCUT2D eigenvalue weighted by molar-refractivity contribution is 5.75. The first kappa shape index (κ1) is 15.2. The molecule has 0 radical (unpaired) electrons. The molecule has 0 amide bonds. The molecule has 0 unspecified atom stereocenters. The molecule has 0 heterocycles. The van der Waals surface area contributed by atoms with E-state index in [1.54, 1.807) is 19.1 Å². The number of hydrogen-bond donors (Lipinski definition) is 0. The van der Waals surface area contributed by atoms with E-state index in [2.05, 4.69) is 0 Å². The summed E-state index contributed by atoms with van der Waals surface area (Å²) in [4.78, 5) is 10.9. The quantitative estimate of drug-likeness (QED) is 0.801. The zero-order valence-electron chi connectivity index (χ0n) is 11.7. The van der Waals surface area contributed by atoms with Gasteiger partial charge in [-0.1, -0.05) is 18.2 Å². The maximum Gasteiger partial charge on any atom is 0.159 e. The fraction of sp³-hybridized carbons (Fsp3) is 0.235. The SMILES string of the molecule is CC(=O)CCc1ccc(OCc2ccc(F)c(F)c2)cc1. The van der Waals surface area contributed by atoms with E-state index in [4.69, 9.17) is 4.74 Å². The van der Waals surface area contributed by atoms with Gasteiger partial charge in [-0.2, -0.15) is 0 Å². The van der Waals surface area contributed by atoms with E-state index in [9.17, 15) is 13.6 Å². The lowest BCUT2D eigenvalue weighted by molar-refractivity contribution is -0.116. The Morgan fingerprint density at radius 3 is 2.29 bits per heavy atom. The van der Waals surface area contributed by atoms with Gasteiger partial charge < -0.3 is 9.53 Å². The van der Waals surface area contributed by atoms with Gasteiger partial charge in [0.05, 0.1) is 0 Å². The fourth-order valence-corrected chi connectivity index (χ4v) is 1.87. The lowest BCUT2D eigenvalue weighted by atomic mass is 10.1. The van der Waals surface area contributed by atoms with Crippen molar-refractivity contribution < 1.29 is 18.3 Å². The summed E-state index contributed by atoms with van der Waals surface area (Å²) >= 11 is 0. The maximum absolute atomic E-state index is 13.0. The van der Waals surface area contributed by atoms with Gasteiger partial charge in [0.25, 0.3) is 0 Å². The number of carbonyl (C=O) groups is 1. The number of ether oxygens (including phenoxy) is 1. The number of Topliss-reactive ketones (excluding diaryl/α,β-unsaturated/α-hetero) is 1. The number of rotatable bonds is 6. The van der Waals surface area contributed by atoms with Crippen molar-refractivity contribution in [1.29, 1.82) is 0 Å². The molecule has 0 aliphatic rings. The maximum atomic E-state index is 13.0. The van der Waals surface area contributed by atoms with Gasteiger partial charge in [-0.25, -0.2) is 8.78 Å². The molecular weight excluding hydrogens is 274 g/mol. The number of aryl methyl sites for hydroxylation is 1. The van der Waals surface area contributed by atoms with Gasteiger partial charge in [-0.3, -0.25) is 0 Å². The fourth-order valence-electron chi connectivity index (χ4n) is 1.87. The average Bonchev–Trinajstić information content (AvgIpc) is 2.47. The second kappa shape index (κ2) is 6.97. The molecule has 4 heteroatoms. The van der Waals surface area contributed by atoms with Crippen LogP contribution >= 0.6 is 0 Å². The number of benzene rings is 2. The van der Waals surface area contributed by atoms with Crippen molar-refractivity contribution in [2.75, 3.05) is 0 Å². The minimum absolute atomic E-state index is 0.161. The average molecular weight is 290 g/mol. The van der Waals surface area contributed by atoms with E-state index >= 15 is 0 Å². The van der Waals surface area contributed by atoms with Crippen molar-refractivity contribution in [1.82, 2.24) is 0 Å². The molecule has 0 fully saturated rings. The Kier molecular flexibility index (Phi) is 5.04. The first-order valence-corrected chi connectivity index (χ1v) is 6.69. The molecule has 2 rings (SSSR count). The Bertz CT molecular complexity index is 621. The van der Waals surface area contributed by atoms with Crippen molar-refractivity contribution >= 4 is 5.78 Å². The molecule has 0 bridgehead atoms.